The van der Waals surface area contributed by atoms with Crippen molar-refractivity contribution < 1.29 is 14.3 Å². The normalized spacial score (nSPS) is 11.1. The molecule has 0 saturated heterocycles. The summed E-state index contributed by atoms with van der Waals surface area (Å²) in [6, 6.07) is 5.56. The third kappa shape index (κ3) is 2.63. The smallest absolute Gasteiger partial charge is 0.167 e. The first-order valence-corrected chi connectivity index (χ1v) is 5.00. The Hall–Kier alpha value is -1.77. The van der Waals surface area contributed by atoms with Gasteiger partial charge in [-0.25, -0.2) is 0 Å². The topological polar surface area (TPSA) is 35.5 Å². The van der Waals surface area contributed by atoms with E-state index in [1.807, 2.05) is 18.2 Å². The highest BCUT2D eigenvalue weighted by atomic mass is 16.5. The summed E-state index contributed by atoms with van der Waals surface area (Å²) in [5, 5.41) is 0. The summed E-state index contributed by atoms with van der Waals surface area (Å²) in [6.07, 6.45) is 1.80. The van der Waals surface area contributed by atoms with Crippen molar-refractivity contribution in [1.82, 2.24) is 0 Å². The summed E-state index contributed by atoms with van der Waals surface area (Å²) >= 11 is 0. The quantitative estimate of drug-likeness (QED) is 0.732. The number of carbonyl (C=O) groups is 1. The van der Waals surface area contributed by atoms with E-state index in [0.29, 0.717) is 17.1 Å². The molecule has 0 atom stereocenters. The number of ether oxygens (including phenoxy) is 2. The van der Waals surface area contributed by atoms with E-state index in [4.69, 9.17) is 9.47 Å². The molecule has 0 amide bonds. The van der Waals surface area contributed by atoms with Crippen molar-refractivity contribution in [1.29, 1.82) is 0 Å². The molecular formula is C13H16O3. The molecule has 1 rings (SSSR count). The number of allylic oxidation sites excluding steroid dienone is 1. The number of hydrogen-bond donors (Lipinski definition) is 0. The molecule has 1 aromatic rings. The number of Topliss-reactive ketones (excluding diaryl/α,β-unsaturated/α-hetero) is 1. The van der Waals surface area contributed by atoms with Crippen molar-refractivity contribution in [2.45, 2.75) is 13.8 Å². The van der Waals surface area contributed by atoms with Crippen LogP contribution in [0.2, 0.25) is 0 Å². The fraction of sp³-hybridized carbons (Fsp3) is 0.308. The number of methoxy groups -OCH3 is 2. The van der Waals surface area contributed by atoms with E-state index in [0.717, 1.165) is 5.56 Å². The Labute approximate surface area is 95.7 Å². The van der Waals surface area contributed by atoms with Crippen molar-refractivity contribution in [2.24, 2.45) is 0 Å². The van der Waals surface area contributed by atoms with Gasteiger partial charge in [0.05, 0.1) is 14.2 Å². The van der Waals surface area contributed by atoms with Crippen LogP contribution in [0.25, 0.3) is 6.08 Å². The van der Waals surface area contributed by atoms with Gasteiger partial charge >= 0.3 is 0 Å². The van der Waals surface area contributed by atoms with Gasteiger partial charge in [0.15, 0.2) is 17.3 Å². The molecule has 0 aromatic heterocycles. The van der Waals surface area contributed by atoms with Gasteiger partial charge in [-0.1, -0.05) is 12.1 Å². The Morgan fingerprint density at radius 2 is 1.88 bits per heavy atom. The van der Waals surface area contributed by atoms with Crippen LogP contribution in [0.3, 0.4) is 0 Å². The van der Waals surface area contributed by atoms with Crippen LogP contribution in [0, 0.1) is 0 Å². The van der Waals surface area contributed by atoms with Crippen LogP contribution >= 0.6 is 0 Å². The SMILES string of the molecule is COc1cccc(/C=C(/C)C(C)=O)c1OC. The lowest BCUT2D eigenvalue weighted by Gasteiger charge is -2.10. The van der Waals surface area contributed by atoms with Gasteiger partial charge in [0, 0.05) is 5.56 Å². The van der Waals surface area contributed by atoms with E-state index in [1.165, 1.54) is 0 Å². The van der Waals surface area contributed by atoms with Gasteiger partial charge < -0.3 is 9.47 Å². The summed E-state index contributed by atoms with van der Waals surface area (Å²) in [5.41, 5.74) is 1.53. The highest BCUT2D eigenvalue weighted by Crippen LogP contribution is 2.32. The lowest BCUT2D eigenvalue weighted by molar-refractivity contribution is -0.113. The van der Waals surface area contributed by atoms with Crippen molar-refractivity contribution >= 4 is 11.9 Å². The predicted octanol–water partition coefficient (Wildman–Crippen LogP) is 2.70. The van der Waals surface area contributed by atoms with Crippen molar-refractivity contribution in [3.63, 3.8) is 0 Å². The first kappa shape index (κ1) is 12.3. The Bertz CT molecular complexity index is 419. The Balaban J connectivity index is 3.23. The minimum absolute atomic E-state index is 0.0462. The second-order valence-corrected chi connectivity index (χ2v) is 3.47. The van der Waals surface area contributed by atoms with Crippen LogP contribution in [-0.2, 0) is 4.79 Å². The van der Waals surface area contributed by atoms with Gasteiger partial charge in [-0.2, -0.15) is 0 Å². The maximum Gasteiger partial charge on any atom is 0.167 e. The van der Waals surface area contributed by atoms with Gasteiger partial charge in [0.1, 0.15) is 0 Å². The lowest BCUT2D eigenvalue weighted by Crippen LogP contribution is -1.95. The molecule has 3 nitrogen and oxygen atoms in total. The van der Waals surface area contributed by atoms with E-state index in [9.17, 15) is 4.79 Å². The Morgan fingerprint density at radius 1 is 1.19 bits per heavy atom. The van der Waals surface area contributed by atoms with Crippen molar-refractivity contribution in [3.8, 4) is 11.5 Å². The van der Waals surface area contributed by atoms with E-state index < -0.39 is 0 Å². The van der Waals surface area contributed by atoms with Crippen LogP contribution in [0.5, 0.6) is 11.5 Å². The molecule has 0 saturated carbocycles. The molecule has 0 bridgehead atoms. The standard InChI is InChI=1S/C13H16O3/c1-9(10(2)14)8-11-6-5-7-12(15-3)13(11)16-4/h5-8H,1-4H3/b9-8-. The minimum atomic E-state index is 0.0462. The van der Waals surface area contributed by atoms with Crippen LogP contribution in [-0.4, -0.2) is 20.0 Å². The number of hydrogen-bond acceptors (Lipinski definition) is 3. The fourth-order valence-electron chi connectivity index (χ4n) is 1.36. The van der Waals surface area contributed by atoms with Gasteiger partial charge in [-0.05, 0) is 31.6 Å². The summed E-state index contributed by atoms with van der Waals surface area (Å²) in [5.74, 6) is 1.35. The van der Waals surface area contributed by atoms with Crippen LogP contribution in [0.1, 0.15) is 19.4 Å². The summed E-state index contributed by atoms with van der Waals surface area (Å²) in [7, 11) is 3.17. The van der Waals surface area contributed by atoms with Gasteiger partial charge in [0.2, 0.25) is 0 Å². The number of para-hydroxylation sites is 1. The first-order valence-electron chi connectivity index (χ1n) is 5.00. The fourth-order valence-corrected chi connectivity index (χ4v) is 1.36. The Kier molecular flexibility index (Phi) is 4.11. The largest absolute Gasteiger partial charge is 0.493 e. The van der Waals surface area contributed by atoms with E-state index in [-0.39, 0.29) is 5.78 Å². The highest BCUT2D eigenvalue weighted by Gasteiger charge is 2.08. The van der Waals surface area contributed by atoms with Crippen molar-refractivity contribution in [2.75, 3.05) is 14.2 Å². The molecule has 86 valence electrons. The summed E-state index contributed by atoms with van der Waals surface area (Å²) in [4.78, 5) is 11.2. The van der Waals surface area contributed by atoms with Gasteiger partial charge in [-0.3, -0.25) is 4.79 Å². The number of carbonyl (C=O) groups excluding carboxylic acids is 1. The molecule has 3 heteroatoms. The third-order valence-corrected chi connectivity index (χ3v) is 2.36. The van der Waals surface area contributed by atoms with Gasteiger partial charge in [0.25, 0.3) is 0 Å². The molecule has 0 spiro atoms. The molecule has 0 heterocycles. The minimum Gasteiger partial charge on any atom is -0.493 e. The van der Waals surface area contributed by atoms with E-state index >= 15 is 0 Å². The van der Waals surface area contributed by atoms with Gasteiger partial charge in [-0.15, -0.1) is 0 Å². The zero-order valence-corrected chi connectivity index (χ0v) is 10.0. The molecule has 0 aliphatic carbocycles. The zero-order valence-electron chi connectivity index (χ0n) is 10.0. The average molecular weight is 220 g/mol. The average Bonchev–Trinajstić information content (AvgIpc) is 2.28. The maximum atomic E-state index is 11.2. The first-order chi connectivity index (χ1) is 7.60. The number of rotatable bonds is 4. The predicted molar refractivity (Wildman–Crippen MR) is 63.9 cm³/mol. The molecule has 1 aromatic carbocycles. The number of benzene rings is 1. The molecule has 16 heavy (non-hydrogen) atoms. The Morgan fingerprint density at radius 3 is 2.38 bits per heavy atom. The third-order valence-electron chi connectivity index (χ3n) is 2.36. The second-order valence-electron chi connectivity index (χ2n) is 3.47. The summed E-state index contributed by atoms with van der Waals surface area (Å²) in [6.45, 7) is 3.32. The van der Waals surface area contributed by atoms with Crippen molar-refractivity contribution in [3.05, 3.63) is 29.3 Å². The lowest BCUT2D eigenvalue weighted by atomic mass is 10.1. The van der Waals surface area contributed by atoms with Crippen LogP contribution in [0.4, 0.5) is 0 Å². The molecule has 0 unspecified atom stereocenters. The molecule has 0 fully saturated rings. The highest BCUT2D eigenvalue weighted by molar-refractivity contribution is 5.97. The maximum absolute atomic E-state index is 11.2. The zero-order chi connectivity index (χ0) is 12.1. The van der Waals surface area contributed by atoms with E-state index in [2.05, 4.69) is 0 Å². The number of ketones is 1. The molecule has 0 radical (unpaired) electrons. The van der Waals surface area contributed by atoms with Crippen LogP contribution < -0.4 is 9.47 Å². The second kappa shape index (κ2) is 5.35. The molecular weight excluding hydrogens is 204 g/mol. The van der Waals surface area contributed by atoms with Crippen LogP contribution in [0.15, 0.2) is 23.8 Å². The van der Waals surface area contributed by atoms with E-state index in [1.54, 1.807) is 34.1 Å². The summed E-state index contributed by atoms with van der Waals surface area (Å²) < 4.78 is 10.4. The monoisotopic (exact) mass is 220 g/mol. The molecule has 0 aliphatic rings. The molecule has 0 aliphatic heterocycles. The molecule has 0 N–H and O–H groups in total.